The average molecular weight is 370 g/mol. The van der Waals surface area contributed by atoms with Crippen LogP contribution in [0.1, 0.15) is 5.56 Å². The summed E-state index contributed by atoms with van der Waals surface area (Å²) in [6, 6.07) is 14.8. The Morgan fingerprint density at radius 2 is 1.88 bits per heavy atom. The zero-order chi connectivity index (χ0) is 17.4. The SMILES string of the molecule is COc1ccccc1/C=c1\sc2nnc(-c3ccccc3Cl)n2c1=O. The van der Waals surface area contributed by atoms with Crippen LogP contribution in [0.2, 0.25) is 5.02 Å². The lowest BCUT2D eigenvalue weighted by molar-refractivity contribution is 0.414. The third-order valence-electron chi connectivity index (χ3n) is 3.79. The summed E-state index contributed by atoms with van der Waals surface area (Å²) in [7, 11) is 1.60. The van der Waals surface area contributed by atoms with E-state index in [-0.39, 0.29) is 5.56 Å². The van der Waals surface area contributed by atoms with Crippen LogP contribution >= 0.6 is 22.9 Å². The molecule has 0 radical (unpaired) electrons. The molecule has 0 aliphatic rings. The Balaban J connectivity index is 1.95. The Hall–Kier alpha value is -2.70. The van der Waals surface area contributed by atoms with Crippen molar-refractivity contribution in [1.29, 1.82) is 0 Å². The predicted molar refractivity (Wildman–Crippen MR) is 99.4 cm³/mol. The molecule has 0 bridgehead atoms. The number of fused-ring (bicyclic) bond motifs is 1. The van der Waals surface area contributed by atoms with Gasteiger partial charge in [-0.3, -0.25) is 4.79 Å². The summed E-state index contributed by atoms with van der Waals surface area (Å²) in [5, 5.41) is 8.78. The van der Waals surface area contributed by atoms with E-state index < -0.39 is 0 Å². The molecule has 0 aliphatic heterocycles. The number of thiazole rings is 1. The van der Waals surface area contributed by atoms with Gasteiger partial charge in [-0.2, -0.15) is 0 Å². The fraction of sp³-hybridized carbons (Fsp3) is 0.0556. The van der Waals surface area contributed by atoms with Gasteiger partial charge in [0.25, 0.3) is 5.56 Å². The maximum absolute atomic E-state index is 12.9. The van der Waals surface area contributed by atoms with Gasteiger partial charge in [-0.15, -0.1) is 10.2 Å². The molecule has 2 aromatic heterocycles. The molecule has 0 amide bonds. The summed E-state index contributed by atoms with van der Waals surface area (Å²) in [6.07, 6.45) is 1.80. The number of benzene rings is 2. The van der Waals surface area contributed by atoms with Crippen LogP contribution in [0.25, 0.3) is 22.4 Å². The molecule has 25 heavy (non-hydrogen) atoms. The van der Waals surface area contributed by atoms with Crippen LogP contribution in [0, 0.1) is 0 Å². The highest BCUT2D eigenvalue weighted by Crippen LogP contribution is 2.26. The molecular formula is C18H12ClN3O2S. The molecule has 2 aromatic carbocycles. The van der Waals surface area contributed by atoms with Crippen molar-refractivity contribution in [2.45, 2.75) is 0 Å². The number of hydrogen-bond donors (Lipinski definition) is 0. The molecule has 7 heteroatoms. The average Bonchev–Trinajstić information content (AvgIpc) is 3.17. The van der Waals surface area contributed by atoms with Crippen LogP contribution in [0.4, 0.5) is 0 Å². The number of hydrogen-bond acceptors (Lipinski definition) is 5. The first-order valence-electron chi connectivity index (χ1n) is 7.46. The summed E-state index contributed by atoms with van der Waals surface area (Å²) in [6.45, 7) is 0. The maximum Gasteiger partial charge on any atom is 0.276 e. The molecule has 0 unspecified atom stereocenters. The quantitative estimate of drug-likeness (QED) is 0.557. The van der Waals surface area contributed by atoms with Crippen molar-refractivity contribution in [3.05, 3.63) is 74.0 Å². The lowest BCUT2D eigenvalue weighted by atomic mass is 10.2. The molecule has 0 fully saturated rings. The van der Waals surface area contributed by atoms with Gasteiger partial charge in [-0.25, -0.2) is 4.40 Å². The maximum atomic E-state index is 12.9. The fourth-order valence-electron chi connectivity index (χ4n) is 2.61. The Morgan fingerprint density at radius 1 is 1.12 bits per heavy atom. The van der Waals surface area contributed by atoms with Gasteiger partial charge < -0.3 is 4.74 Å². The first-order valence-corrected chi connectivity index (χ1v) is 8.66. The van der Waals surface area contributed by atoms with Crippen LogP contribution in [0.15, 0.2) is 53.3 Å². The van der Waals surface area contributed by atoms with Crippen molar-refractivity contribution in [2.24, 2.45) is 0 Å². The Kier molecular flexibility index (Phi) is 3.99. The second-order valence-electron chi connectivity index (χ2n) is 5.28. The smallest absolute Gasteiger partial charge is 0.276 e. The van der Waals surface area contributed by atoms with Gasteiger partial charge in [0.05, 0.1) is 16.7 Å². The van der Waals surface area contributed by atoms with Gasteiger partial charge in [-0.1, -0.05) is 53.3 Å². The Bertz CT molecular complexity index is 1180. The van der Waals surface area contributed by atoms with Crippen molar-refractivity contribution in [3.63, 3.8) is 0 Å². The number of methoxy groups -OCH3 is 1. The highest BCUT2D eigenvalue weighted by Gasteiger charge is 2.16. The van der Waals surface area contributed by atoms with Crippen LogP contribution in [-0.4, -0.2) is 21.7 Å². The molecule has 5 nitrogen and oxygen atoms in total. The summed E-state index contributed by atoms with van der Waals surface area (Å²) >= 11 is 7.52. The number of rotatable bonds is 3. The summed E-state index contributed by atoms with van der Waals surface area (Å²) in [5.41, 5.74) is 1.33. The third kappa shape index (κ3) is 2.69. The molecule has 0 spiro atoms. The minimum absolute atomic E-state index is 0.175. The summed E-state index contributed by atoms with van der Waals surface area (Å²) < 4.78 is 7.39. The van der Waals surface area contributed by atoms with Crippen LogP contribution in [0.5, 0.6) is 5.75 Å². The van der Waals surface area contributed by atoms with Crippen molar-refractivity contribution < 1.29 is 4.74 Å². The molecule has 0 aliphatic carbocycles. The van der Waals surface area contributed by atoms with E-state index in [1.807, 2.05) is 42.5 Å². The van der Waals surface area contributed by atoms with Gasteiger partial charge >= 0.3 is 0 Å². The lowest BCUT2D eigenvalue weighted by Crippen LogP contribution is -2.23. The summed E-state index contributed by atoms with van der Waals surface area (Å²) in [5.74, 6) is 1.15. The zero-order valence-corrected chi connectivity index (χ0v) is 14.7. The standard InChI is InChI=1S/C18H12ClN3O2S/c1-24-14-9-5-2-6-11(14)10-15-17(23)22-16(20-21-18(22)25-15)12-7-3-4-8-13(12)19/h2-10H,1H3/b15-10-. The number of aromatic nitrogens is 3. The van der Waals surface area contributed by atoms with Crippen molar-refractivity contribution >= 4 is 34.0 Å². The molecule has 0 N–H and O–H groups in total. The van der Waals surface area contributed by atoms with Crippen molar-refractivity contribution in [3.8, 4) is 17.1 Å². The number of halogens is 1. The molecule has 0 saturated carbocycles. The van der Waals surface area contributed by atoms with E-state index in [1.54, 1.807) is 19.3 Å². The van der Waals surface area contributed by atoms with Gasteiger partial charge in [0, 0.05) is 11.1 Å². The molecular weight excluding hydrogens is 358 g/mol. The highest BCUT2D eigenvalue weighted by molar-refractivity contribution is 7.15. The number of nitrogens with zero attached hydrogens (tertiary/aromatic N) is 3. The van der Waals surface area contributed by atoms with Gasteiger partial charge in [0.15, 0.2) is 5.82 Å². The first-order chi connectivity index (χ1) is 12.2. The predicted octanol–water partition coefficient (Wildman–Crippen LogP) is 3.03. The van der Waals surface area contributed by atoms with Crippen LogP contribution in [-0.2, 0) is 0 Å². The van der Waals surface area contributed by atoms with Crippen LogP contribution < -0.4 is 14.8 Å². The second-order valence-corrected chi connectivity index (χ2v) is 6.70. The molecule has 124 valence electrons. The monoisotopic (exact) mass is 369 g/mol. The van der Waals surface area contributed by atoms with Crippen molar-refractivity contribution in [1.82, 2.24) is 14.6 Å². The van der Waals surface area contributed by atoms with Crippen molar-refractivity contribution in [2.75, 3.05) is 7.11 Å². The zero-order valence-electron chi connectivity index (χ0n) is 13.1. The van der Waals surface area contributed by atoms with Gasteiger partial charge in [0.1, 0.15) is 5.75 Å². The van der Waals surface area contributed by atoms with E-state index in [9.17, 15) is 4.79 Å². The van der Waals surface area contributed by atoms with E-state index in [1.165, 1.54) is 15.7 Å². The number of ether oxygens (including phenoxy) is 1. The normalized spacial score (nSPS) is 12.0. The van der Waals surface area contributed by atoms with E-state index in [0.717, 1.165) is 5.56 Å². The van der Waals surface area contributed by atoms with E-state index in [0.29, 0.717) is 31.7 Å². The third-order valence-corrected chi connectivity index (χ3v) is 5.08. The van der Waals surface area contributed by atoms with E-state index in [2.05, 4.69) is 10.2 Å². The van der Waals surface area contributed by atoms with Gasteiger partial charge in [0.2, 0.25) is 4.96 Å². The molecule has 4 aromatic rings. The molecule has 4 rings (SSSR count). The largest absolute Gasteiger partial charge is 0.496 e. The number of para-hydroxylation sites is 1. The summed E-state index contributed by atoms with van der Waals surface area (Å²) in [4.78, 5) is 13.4. The molecule has 2 heterocycles. The topological polar surface area (TPSA) is 56.5 Å². The highest BCUT2D eigenvalue weighted by atomic mass is 35.5. The Labute approximate surface area is 151 Å². The molecule has 0 saturated heterocycles. The van der Waals surface area contributed by atoms with E-state index >= 15 is 0 Å². The minimum atomic E-state index is -0.175. The van der Waals surface area contributed by atoms with Crippen LogP contribution in [0.3, 0.4) is 0 Å². The first kappa shape index (κ1) is 15.8. The van der Waals surface area contributed by atoms with Gasteiger partial charge in [-0.05, 0) is 24.3 Å². The molecule has 0 atom stereocenters. The van der Waals surface area contributed by atoms with E-state index in [4.69, 9.17) is 16.3 Å². The fourth-order valence-corrected chi connectivity index (χ4v) is 3.73. The Morgan fingerprint density at radius 3 is 2.68 bits per heavy atom. The lowest BCUT2D eigenvalue weighted by Gasteiger charge is -2.02. The second kappa shape index (κ2) is 6.31. The minimum Gasteiger partial charge on any atom is -0.496 e.